The zero-order valence-corrected chi connectivity index (χ0v) is 15.4. The van der Waals surface area contributed by atoms with Crippen molar-refractivity contribution in [3.63, 3.8) is 0 Å². The molecule has 2 N–H and O–H groups in total. The summed E-state index contributed by atoms with van der Waals surface area (Å²) in [6.07, 6.45) is 3.84. The van der Waals surface area contributed by atoms with E-state index in [1.807, 2.05) is 6.08 Å². The van der Waals surface area contributed by atoms with Gasteiger partial charge in [-0.15, -0.1) is 6.58 Å². The largest absolute Gasteiger partial charge is 0.381 e. The highest BCUT2D eigenvalue weighted by atomic mass is 79.9. The fraction of sp³-hybridized carbons (Fsp3) is 0.500. The van der Waals surface area contributed by atoms with Gasteiger partial charge in [-0.3, -0.25) is 4.99 Å². The number of benzene rings is 1. The second kappa shape index (κ2) is 9.08. The fourth-order valence-electron chi connectivity index (χ4n) is 2.84. The molecular weight excluding hydrogens is 354 g/mol. The van der Waals surface area contributed by atoms with Gasteiger partial charge in [0.2, 0.25) is 0 Å². The molecule has 0 aromatic heterocycles. The number of nitrogens with zero attached hydrogens (tertiary/aromatic N) is 1. The van der Waals surface area contributed by atoms with Crippen LogP contribution in [0.15, 0.2) is 46.4 Å². The Balaban J connectivity index is 2.20. The highest BCUT2D eigenvalue weighted by Crippen LogP contribution is 2.35. The number of halogens is 1. The van der Waals surface area contributed by atoms with E-state index in [1.54, 1.807) is 0 Å². The Morgan fingerprint density at radius 3 is 2.61 bits per heavy atom. The topological polar surface area (TPSA) is 45.7 Å². The quantitative estimate of drug-likeness (QED) is 0.453. The third kappa shape index (κ3) is 5.08. The summed E-state index contributed by atoms with van der Waals surface area (Å²) in [4.78, 5) is 4.83. The van der Waals surface area contributed by atoms with Gasteiger partial charge in [-0.05, 0) is 37.5 Å². The lowest BCUT2D eigenvalue weighted by Crippen LogP contribution is -2.41. The first-order valence-electron chi connectivity index (χ1n) is 8.17. The minimum atomic E-state index is 0.0511. The lowest BCUT2D eigenvalue weighted by Gasteiger charge is -2.36. The Morgan fingerprint density at radius 1 is 1.30 bits per heavy atom. The Bertz CT molecular complexity index is 522. The molecule has 1 aliphatic rings. The fourth-order valence-corrected chi connectivity index (χ4v) is 3.11. The molecule has 2 rings (SSSR count). The van der Waals surface area contributed by atoms with Crippen LogP contribution in [0.4, 0.5) is 0 Å². The van der Waals surface area contributed by atoms with E-state index in [0.717, 1.165) is 49.6 Å². The summed E-state index contributed by atoms with van der Waals surface area (Å²) >= 11 is 3.52. The number of hydrogen-bond acceptors (Lipinski definition) is 2. The van der Waals surface area contributed by atoms with E-state index >= 15 is 0 Å². The maximum absolute atomic E-state index is 5.59. The van der Waals surface area contributed by atoms with Crippen LogP contribution < -0.4 is 10.6 Å². The van der Waals surface area contributed by atoms with Gasteiger partial charge in [0, 0.05) is 36.2 Å². The molecule has 1 aromatic carbocycles. The molecule has 0 saturated carbocycles. The van der Waals surface area contributed by atoms with Crippen LogP contribution in [0.25, 0.3) is 0 Å². The van der Waals surface area contributed by atoms with Gasteiger partial charge in [-0.25, -0.2) is 0 Å². The van der Waals surface area contributed by atoms with Gasteiger partial charge in [-0.1, -0.05) is 34.1 Å². The van der Waals surface area contributed by atoms with Crippen molar-refractivity contribution in [3.05, 3.63) is 47.0 Å². The Hall–Kier alpha value is -1.33. The summed E-state index contributed by atoms with van der Waals surface area (Å²) in [6, 6.07) is 8.62. The zero-order chi connectivity index (χ0) is 16.5. The molecule has 0 bridgehead atoms. The minimum Gasteiger partial charge on any atom is -0.381 e. The van der Waals surface area contributed by atoms with Crippen LogP contribution in [0, 0.1) is 0 Å². The molecule has 1 fully saturated rings. The lowest BCUT2D eigenvalue weighted by molar-refractivity contribution is 0.0531. The van der Waals surface area contributed by atoms with Crippen LogP contribution in [0.2, 0.25) is 0 Å². The molecule has 0 aliphatic carbocycles. The first kappa shape index (κ1) is 18.0. The van der Waals surface area contributed by atoms with Crippen molar-refractivity contribution >= 4 is 21.9 Å². The van der Waals surface area contributed by atoms with Crippen LogP contribution in [0.1, 0.15) is 25.3 Å². The maximum Gasteiger partial charge on any atom is 0.191 e. The molecule has 126 valence electrons. The van der Waals surface area contributed by atoms with Crippen molar-refractivity contribution < 1.29 is 4.74 Å². The van der Waals surface area contributed by atoms with E-state index < -0.39 is 0 Å². The number of aliphatic imine (C=N–C) groups is 1. The SMILES string of the molecule is C=CCNC(=NCC1(c2ccc(Br)cc2)CCOCC1)NCC. The lowest BCUT2D eigenvalue weighted by atomic mass is 9.74. The predicted octanol–water partition coefficient (Wildman–Crippen LogP) is 3.24. The average molecular weight is 380 g/mol. The Kier molecular flexibility index (Phi) is 7.12. The number of nitrogens with one attached hydrogen (secondary N) is 2. The van der Waals surface area contributed by atoms with E-state index in [1.165, 1.54) is 5.56 Å². The molecule has 1 saturated heterocycles. The standard InChI is InChI=1S/C18H26BrN3O/c1-3-11-21-17(20-4-2)22-14-18(9-12-23-13-10-18)15-5-7-16(19)8-6-15/h3,5-8H,1,4,9-14H2,2H3,(H2,20,21,22). The molecular formula is C18H26BrN3O. The summed E-state index contributed by atoms with van der Waals surface area (Å²) in [5.74, 6) is 0.843. The van der Waals surface area contributed by atoms with Crippen molar-refractivity contribution in [1.82, 2.24) is 10.6 Å². The first-order chi connectivity index (χ1) is 11.2. The summed E-state index contributed by atoms with van der Waals surface area (Å²) < 4.78 is 6.69. The third-order valence-electron chi connectivity index (χ3n) is 4.20. The van der Waals surface area contributed by atoms with Gasteiger partial charge in [0.15, 0.2) is 5.96 Å². The smallest absolute Gasteiger partial charge is 0.191 e. The van der Waals surface area contributed by atoms with Crippen molar-refractivity contribution in [2.45, 2.75) is 25.2 Å². The van der Waals surface area contributed by atoms with Crippen molar-refractivity contribution in [2.75, 3.05) is 32.8 Å². The number of guanidine groups is 1. The minimum absolute atomic E-state index is 0.0511. The maximum atomic E-state index is 5.59. The summed E-state index contributed by atoms with van der Waals surface area (Å²) in [5, 5.41) is 6.56. The molecule has 4 nitrogen and oxygen atoms in total. The van der Waals surface area contributed by atoms with E-state index in [4.69, 9.17) is 9.73 Å². The molecule has 1 heterocycles. The molecule has 0 amide bonds. The molecule has 0 spiro atoms. The van der Waals surface area contributed by atoms with Gasteiger partial charge >= 0.3 is 0 Å². The second-order valence-corrected chi connectivity index (χ2v) is 6.68. The molecule has 1 aliphatic heterocycles. The number of hydrogen-bond donors (Lipinski definition) is 2. The number of ether oxygens (including phenoxy) is 1. The van der Waals surface area contributed by atoms with Crippen LogP contribution in [0.5, 0.6) is 0 Å². The Labute approximate surface area is 147 Å². The van der Waals surface area contributed by atoms with Gasteiger partial charge in [-0.2, -0.15) is 0 Å². The number of rotatable bonds is 6. The highest BCUT2D eigenvalue weighted by molar-refractivity contribution is 9.10. The van der Waals surface area contributed by atoms with Crippen molar-refractivity contribution in [3.8, 4) is 0 Å². The van der Waals surface area contributed by atoms with Gasteiger partial charge < -0.3 is 15.4 Å². The monoisotopic (exact) mass is 379 g/mol. The highest BCUT2D eigenvalue weighted by Gasteiger charge is 2.34. The molecule has 0 radical (unpaired) electrons. The molecule has 23 heavy (non-hydrogen) atoms. The van der Waals surface area contributed by atoms with Gasteiger partial charge in [0.1, 0.15) is 0 Å². The summed E-state index contributed by atoms with van der Waals surface area (Å²) in [6.45, 7) is 9.71. The van der Waals surface area contributed by atoms with Crippen molar-refractivity contribution in [1.29, 1.82) is 0 Å². The van der Waals surface area contributed by atoms with Crippen LogP contribution in [-0.2, 0) is 10.2 Å². The van der Waals surface area contributed by atoms with Crippen molar-refractivity contribution in [2.24, 2.45) is 4.99 Å². The zero-order valence-electron chi connectivity index (χ0n) is 13.8. The third-order valence-corrected chi connectivity index (χ3v) is 4.73. The molecule has 5 heteroatoms. The molecule has 1 aromatic rings. The van der Waals surface area contributed by atoms with E-state index in [0.29, 0.717) is 6.54 Å². The molecule has 0 unspecified atom stereocenters. The second-order valence-electron chi connectivity index (χ2n) is 5.76. The normalized spacial score (nSPS) is 17.6. The average Bonchev–Trinajstić information content (AvgIpc) is 2.59. The van der Waals surface area contributed by atoms with E-state index in [9.17, 15) is 0 Å². The Morgan fingerprint density at radius 2 is 2.00 bits per heavy atom. The molecule has 0 atom stereocenters. The van der Waals surface area contributed by atoms with Crippen LogP contribution in [0.3, 0.4) is 0 Å². The van der Waals surface area contributed by atoms with Crippen LogP contribution in [-0.4, -0.2) is 38.8 Å². The predicted molar refractivity (Wildman–Crippen MR) is 100 cm³/mol. The van der Waals surface area contributed by atoms with Gasteiger partial charge in [0.25, 0.3) is 0 Å². The van der Waals surface area contributed by atoms with E-state index in [-0.39, 0.29) is 5.41 Å². The van der Waals surface area contributed by atoms with E-state index in [2.05, 4.69) is 64.3 Å². The van der Waals surface area contributed by atoms with Crippen LogP contribution >= 0.6 is 15.9 Å². The van der Waals surface area contributed by atoms with Gasteiger partial charge in [0.05, 0.1) is 6.54 Å². The first-order valence-corrected chi connectivity index (χ1v) is 8.96. The summed E-state index contributed by atoms with van der Waals surface area (Å²) in [5.41, 5.74) is 1.39. The summed E-state index contributed by atoms with van der Waals surface area (Å²) in [7, 11) is 0.